The molecule has 0 aliphatic heterocycles. The van der Waals surface area contributed by atoms with Crippen LogP contribution in [0.5, 0.6) is 0 Å². The molecule has 2 atom stereocenters. The van der Waals surface area contributed by atoms with Crippen LogP contribution < -0.4 is 5.73 Å². The molecule has 3 heteroatoms. The van der Waals surface area contributed by atoms with Gasteiger partial charge in [-0.05, 0) is 31.4 Å². The van der Waals surface area contributed by atoms with Crippen LogP contribution in [0.2, 0.25) is 0 Å². The molecule has 1 aliphatic carbocycles. The quantitative estimate of drug-likeness (QED) is 0.789. The summed E-state index contributed by atoms with van der Waals surface area (Å²) in [6.07, 6.45) is 5.30. The summed E-state index contributed by atoms with van der Waals surface area (Å²) >= 11 is 0. The van der Waals surface area contributed by atoms with Crippen LogP contribution in [0.4, 0.5) is 0 Å². The molecule has 0 saturated heterocycles. The first-order valence-electron chi connectivity index (χ1n) is 5.11. The van der Waals surface area contributed by atoms with Gasteiger partial charge in [-0.3, -0.25) is 4.98 Å². The molecule has 0 bridgehead atoms. The Bertz CT molecular complexity index is 276. The molecule has 76 valence electrons. The molecule has 1 aromatic heterocycles. The van der Waals surface area contributed by atoms with Crippen LogP contribution in [-0.2, 0) is 11.3 Å². The van der Waals surface area contributed by atoms with Crippen LogP contribution in [0, 0.1) is 0 Å². The first-order chi connectivity index (χ1) is 6.84. The lowest BCUT2D eigenvalue weighted by Gasteiger charge is -2.10. The van der Waals surface area contributed by atoms with E-state index in [0.29, 0.717) is 18.8 Å². The Labute approximate surface area is 84.3 Å². The highest BCUT2D eigenvalue weighted by molar-refractivity contribution is 5.02. The predicted molar refractivity (Wildman–Crippen MR) is 54.6 cm³/mol. The summed E-state index contributed by atoms with van der Waals surface area (Å²) in [6, 6.07) is 6.21. The number of hydrogen-bond acceptors (Lipinski definition) is 3. The van der Waals surface area contributed by atoms with Gasteiger partial charge in [-0.1, -0.05) is 6.07 Å². The van der Waals surface area contributed by atoms with Crippen molar-refractivity contribution in [1.82, 2.24) is 4.98 Å². The van der Waals surface area contributed by atoms with E-state index in [1.165, 1.54) is 0 Å². The Hall–Kier alpha value is -0.930. The standard InChI is InChI=1S/C11H16N2O/c12-9-4-5-11(7-9)14-8-10-3-1-2-6-13-10/h1-3,6,9,11H,4-5,7-8,12H2. The van der Waals surface area contributed by atoms with E-state index in [9.17, 15) is 0 Å². The summed E-state index contributed by atoms with van der Waals surface area (Å²) in [6.45, 7) is 0.609. The van der Waals surface area contributed by atoms with Crippen LogP contribution in [0.1, 0.15) is 25.0 Å². The fraction of sp³-hybridized carbons (Fsp3) is 0.545. The molecule has 3 nitrogen and oxygen atoms in total. The summed E-state index contributed by atoms with van der Waals surface area (Å²) in [4.78, 5) is 4.20. The number of aromatic nitrogens is 1. The maximum Gasteiger partial charge on any atom is 0.0891 e. The van der Waals surface area contributed by atoms with E-state index >= 15 is 0 Å². The van der Waals surface area contributed by atoms with Gasteiger partial charge in [-0.2, -0.15) is 0 Å². The van der Waals surface area contributed by atoms with Crippen molar-refractivity contribution in [3.8, 4) is 0 Å². The molecule has 14 heavy (non-hydrogen) atoms. The maximum atomic E-state index is 5.80. The molecule has 1 aromatic rings. The minimum Gasteiger partial charge on any atom is -0.372 e. The largest absolute Gasteiger partial charge is 0.372 e. The Morgan fingerprint density at radius 2 is 2.36 bits per heavy atom. The van der Waals surface area contributed by atoms with Gasteiger partial charge in [0.1, 0.15) is 0 Å². The van der Waals surface area contributed by atoms with Crippen LogP contribution in [0.3, 0.4) is 0 Å². The van der Waals surface area contributed by atoms with Crippen molar-refractivity contribution in [3.05, 3.63) is 30.1 Å². The first-order valence-corrected chi connectivity index (χ1v) is 5.11. The molecule has 0 radical (unpaired) electrons. The topological polar surface area (TPSA) is 48.1 Å². The molecule has 2 rings (SSSR count). The monoisotopic (exact) mass is 192 g/mol. The molecule has 1 fully saturated rings. The van der Waals surface area contributed by atoms with Gasteiger partial charge in [-0.15, -0.1) is 0 Å². The zero-order chi connectivity index (χ0) is 9.80. The molecular formula is C11H16N2O. The normalized spacial score (nSPS) is 26.6. The lowest BCUT2D eigenvalue weighted by molar-refractivity contribution is 0.0429. The number of pyridine rings is 1. The van der Waals surface area contributed by atoms with E-state index in [1.807, 2.05) is 18.2 Å². The van der Waals surface area contributed by atoms with Gasteiger partial charge >= 0.3 is 0 Å². The molecular weight excluding hydrogens is 176 g/mol. The van der Waals surface area contributed by atoms with Crippen molar-refractivity contribution in [2.24, 2.45) is 5.73 Å². The van der Waals surface area contributed by atoms with Gasteiger partial charge in [0.2, 0.25) is 0 Å². The number of ether oxygens (including phenoxy) is 1. The zero-order valence-electron chi connectivity index (χ0n) is 8.23. The molecule has 0 amide bonds. The highest BCUT2D eigenvalue weighted by Crippen LogP contribution is 2.21. The summed E-state index contributed by atoms with van der Waals surface area (Å²) in [5.41, 5.74) is 6.79. The summed E-state index contributed by atoms with van der Waals surface area (Å²) < 4.78 is 5.72. The number of hydrogen-bond donors (Lipinski definition) is 1. The van der Waals surface area contributed by atoms with Crippen molar-refractivity contribution in [3.63, 3.8) is 0 Å². The minimum absolute atomic E-state index is 0.337. The third-order valence-corrected chi connectivity index (χ3v) is 2.62. The third-order valence-electron chi connectivity index (χ3n) is 2.62. The van der Waals surface area contributed by atoms with Gasteiger partial charge in [0.05, 0.1) is 18.4 Å². The average molecular weight is 192 g/mol. The molecule has 2 unspecified atom stereocenters. The van der Waals surface area contributed by atoms with Crippen LogP contribution in [0.25, 0.3) is 0 Å². The fourth-order valence-electron chi connectivity index (χ4n) is 1.81. The van der Waals surface area contributed by atoms with E-state index in [1.54, 1.807) is 6.20 Å². The first kappa shape index (κ1) is 9.62. The van der Waals surface area contributed by atoms with Crippen molar-refractivity contribution in [1.29, 1.82) is 0 Å². The summed E-state index contributed by atoms with van der Waals surface area (Å²) in [5.74, 6) is 0. The number of rotatable bonds is 3. The van der Waals surface area contributed by atoms with E-state index in [2.05, 4.69) is 4.98 Å². The molecule has 1 heterocycles. The van der Waals surface area contributed by atoms with Crippen LogP contribution >= 0.6 is 0 Å². The average Bonchev–Trinajstić information content (AvgIpc) is 2.63. The van der Waals surface area contributed by atoms with Crippen molar-refractivity contribution >= 4 is 0 Å². The lowest BCUT2D eigenvalue weighted by atomic mass is 10.3. The minimum atomic E-state index is 0.337. The number of nitrogens with zero attached hydrogens (tertiary/aromatic N) is 1. The third kappa shape index (κ3) is 2.53. The van der Waals surface area contributed by atoms with E-state index in [-0.39, 0.29) is 0 Å². The van der Waals surface area contributed by atoms with Crippen molar-refractivity contribution < 1.29 is 4.74 Å². The molecule has 0 aromatic carbocycles. The van der Waals surface area contributed by atoms with Gasteiger partial charge in [0.25, 0.3) is 0 Å². The second-order valence-electron chi connectivity index (χ2n) is 3.83. The van der Waals surface area contributed by atoms with Gasteiger partial charge < -0.3 is 10.5 Å². The Morgan fingerprint density at radius 3 is 3.00 bits per heavy atom. The second kappa shape index (κ2) is 4.53. The Balaban J connectivity index is 1.78. The van der Waals surface area contributed by atoms with Crippen molar-refractivity contribution in [2.45, 2.75) is 38.0 Å². The van der Waals surface area contributed by atoms with Crippen LogP contribution in [0.15, 0.2) is 24.4 Å². The molecule has 1 aliphatic rings. The SMILES string of the molecule is NC1CCC(OCc2ccccn2)C1. The van der Waals surface area contributed by atoms with E-state index < -0.39 is 0 Å². The Kier molecular flexibility index (Phi) is 3.11. The van der Waals surface area contributed by atoms with Gasteiger partial charge in [0.15, 0.2) is 0 Å². The predicted octanol–water partition coefficient (Wildman–Crippen LogP) is 1.48. The Morgan fingerprint density at radius 1 is 1.43 bits per heavy atom. The molecule has 2 N–H and O–H groups in total. The fourth-order valence-corrected chi connectivity index (χ4v) is 1.81. The number of nitrogens with two attached hydrogens (primary N) is 1. The lowest BCUT2D eigenvalue weighted by Crippen LogP contribution is -2.17. The van der Waals surface area contributed by atoms with E-state index in [0.717, 1.165) is 25.0 Å². The maximum absolute atomic E-state index is 5.80. The highest BCUT2D eigenvalue weighted by atomic mass is 16.5. The highest BCUT2D eigenvalue weighted by Gasteiger charge is 2.21. The molecule has 1 saturated carbocycles. The summed E-state index contributed by atoms with van der Waals surface area (Å²) in [5, 5.41) is 0. The zero-order valence-corrected chi connectivity index (χ0v) is 8.23. The van der Waals surface area contributed by atoms with Crippen molar-refractivity contribution in [2.75, 3.05) is 0 Å². The smallest absolute Gasteiger partial charge is 0.0891 e. The van der Waals surface area contributed by atoms with Gasteiger partial charge in [-0.25, -0.2) is 0 Å². The second-order valence-corrected chi connectivity index (χ2v) is 3.83. The van der Waals surface area contributed by atoms with Crippen LogP contribution in [-0.4, -0.2) is 17.1 Å². The molecule has 0 spiro atoms. The van der Waals surface area contributed by atoms with E-state index in [4.69, 9.17) is 10.5 Å². The summed E-state index contributed by atoms with van der Waals surface area (Å²) in [7, 11) is 0. The van der Waals surface area contributed by atoms with Gasteiger partial charge in [0, 0.05) is 12.2 Å².